The van der Waals surface area contributed by atoms with Crippen molar-refractivity contribution in [3.8, 4) is 0 Å². The number of thiophene rings is 1. The largest absolute Gasteiger partial charge is 0.310 e. The normalized spacial score (nSPS) is 11.6. The van der Waals surface area contributed by atoms with E-state index in [2.05, 4.69) is 216 Å². The Bertz CT molecular complexity index is 3220. The van der Waals surface area contributed by atoms with Crippen molar-refractivity contribution >= 4 is 109 Å². The van der Waals surface area contributed by atoms with Crippen LogP contribution in [0, 0.1) is 0 Å². The Balaban J connectivity index is 1.11. The lowest BCUT2D eigenvalue weighted by Crippen LogP contribution is -2.09. The smallest absolute Gasteiger partial charge is 0.0476 e. The lowest BCUT2D eigenvalue weighted by Gasteiger charge is -2.26. The molecule has 0 unspecified atom stereocenters. The third kappa shape index (κ3) is 5.32. The number of fused-ring (bicyclic) bond motifs is 10. The van der Waals surface area contributed by atoms with E-state index in [0.29, 0.717) is 0 Å². The molecular weight excluding hydrogens is 685 g/mol. The topological polar surface area (TPSA) is 6.48 Å². The van der Waals surface area contributed by atoms with Crippen LogP contribution in [0.15, 0.2) is 206 Å². The lowest BCUT2D eigenvalue weighted by molar-refractivity contribution is 1.29. The van der Waals surface area contributed by atoms with Crippen LogP contribution < -0.4 is 9.80 Å². The van der Waals surface area contributed by atoms with Crippen LogP contribution in [0.25, 0.3) is 63.3 Å². The second kappa shape index (κ2) is 12.9. The summed E-state index contributed by atoms with van der Waals surface area (Å²) in [7, 11) is 0. The van der Waals surface area contributed by atoms with Gasteiger partial charge in [-0.1, -0.05) is 133 Å². The Labute approximate surface area is 323 Å². The molecule has 55 heavy (non-hydrogen) atoms. The summed E-state index contributed by atoms with van der Waals surface area (Å²) < 4.78 is 2.60. The third-order valence-corrected chi connectivity index (χ3v) is 12.1. The molecule has 0 saturated heterocycles. The highest BCUT2D eigenvalue weighted by atomic mass is 32.1. The van der Waals surface area contributed by atoms with E-state index >= 15 is 0 Å². The molecule has 0 N–H and O–H groups in total. The van der Waals surface area contributed by atoms with Crippen molar-refractivity contribution < 1.29 is 0 Å². The van der Waals surface area contributed by atoms with Gasteiger partial charge in [-0.15, -0.1) is 11.3 Å². The van der Waals surface area contributed by atoms with Crippen molar-refractivity contribution in [3.05, 3.63) is 206 Å². The second-order valence-electron chi connectivity index (χ2n) is 14.2. The second-order valence-corrected chi connectivity index (χ2v) is 15.2. The Kier molecular flexibility index (Phi) is 7.39. The fourth-order valence-electron chi connectivity index (χ4n) is 8.39. The minimum absolute atomic E-state index is 1.13. The molecule has 2 nitrogen and oxygen atoms in total. The van der Waals surface area contributed by atoms with Gasteiger partial charge in [0.05, 0.1) is 0 Å². The van der Waals surface area contributed by atoms with Crippen LogP contribution in [0.2, 0.25) is 0 Å². The van der Waals surface area contributed by atoms with E-state index in [1.807, 2.05) is 11.3 Å². The summed E-state index contributed by atoms with van der Waals surface area (Å²) in [5.74, 6) is 0. The monoisotopic (exact) mass is 718 g/mol. The van der Waals surface area contributed by atoms with Crippen LogP contribution in [-0.4, -0.2) is 0 Å². The molecule has 0 atom stereocenters. The maximum Gasteiger partial charge on any atom is 0.0476 e. The van der Waals surface area contributed by atoms with Gasteiger partial charge in [0.25, 0.3) is 0 Å². The van der Waals surface area contributed by atoms with E-state index in [1.54, 1.807) is 0 Å². The van der Waals surface area contributed by atoms with Crippen molar-refractivity contribution in [2.45, 2.75) is 0 Å². The zero-order valence-corrected chi connectivity index (χ0v) is 30.7. The van der Waals surface area contributed by atoms with Gasteiger partial charge in [0.1, 0.15) is 0 Å². The summed E-state index contributed by atoms with van der Waals surface area (Å²) in [5, 5.41) is 12.6. The van der Waals surface area contributed by atoms with E-state index in [9.17, 15) is 0 Å². The predicted octanol–water partition coefficient (Wildman–Crippen LogP) is 15.6. The van der Waals surface area contributed by atoms with Crippen LogP contribution in [0.5, 0.6) is 0 Å². The van der Waals surface area contributed by atoms with E-state index in [1.165, 1.54) is 63.3 Å². The van der Waals surface area contributed by atoms with Crippen LogP contribution in [0.3, 0.4) is 0 Å². The number of nitrogens with zero attached hydrogens (tertiary/aromatic N) is 2. The van der Waals surface area contributed by atoms with Gasteiger partial charge in [0, 0.05) is 59.7 Å². The summed E-state index contributed by atoms with van der Waals surface area (Å²) in [6.07, 6.45) is 0. The summed E-state index contributed by atoms with van der Waals surface area (Å²) >= 11 is 1.90. The molecule has 0 saturated carbocycles. The van der Waals surface area contributed by atoms with Crippen molar-refractivity contribution in [2.24, 2.45) is 0 Å². The Morgan fingerprint density at radius 3 is 1.33 bits per heavy atom. The molecule has 0 aliphatic carbocycles. The van der Waals surface area contributed by atoms with Crippen LogP contribution in [0.4, 0.5) is 34.1 Å². The molecule has 0 aliphatic rings. The summed E-state index contributed by atoms with van der Waals surface area (Å²) in [4.78, 5) is 4.76. The molecule has 0 amide bonds. The standard InChI is InChI=1S/C52H34N2S/c1-3-17-39(18-4-1)53(41-25-23-35-13-7-9-15-37(35)31-41)43-27-29-47-49(33-43)45-21-11-12-22-46(45)51-48-30-28-44(34-50(48)55-52(47)51)54(40-19-5-2-6-20-40)42-26-24-36-14-8-10-16-38(36)32-42/h1-34H. The zero-order valence-electron chi connectivity index (χ0n) is 29.9. The average molecular weight is 719 g/mol. The molecule has 1 heterocycles. The van der Waals surface area contributed by atoms with Gasteiger partial charge >= 0.3 is 0 Å². The molecule has 10 aromatic carbocycles. The highest BCUT2D eigenvalue weighted by Gasteiger charge is 2.20. The molecule has 0 bridgehead atoms. The first-order valence-corrected chi connectivity index (χ1v) is 19.6. The molecule has 258 valence electrons. The van der Waals surface area contributed by atoms with Gasteiger partial charge < -0.3 is 9.80 Å². The zero-order chi connectivity index (χ0) is 36.3. The minimum Gasteiger partial charge on any atom is -0.310 e. The quantitative estimate of drug-likeness (QED) is 0.158. The van der Waals surface area contributed by atoms with Crippen LogP contribution in [0.1, 0.15) is 0 Å². The number of anilines is 6. The predicted molar refractivity (Wildman–Crippen MR) is 239 cm³/mol. The highest BCUT2D eigenvalue weighted by Crippen LogP contribution is 2.48. The number of rotatable bonds is 6. The third-order valence-electron chi connectivity index (χ3n) is 10.9. The lowest BCUT2D eigenvalue weighted by atomic mass is 9.96. The van der Waals surface area contributed by atoms with Gasteiger partial charge in [-0.3, -0.25) is 0 Å². The molecule has 3 heteroatoms. The van der Waals surface area contributed by atoms with E-state index in [4.69, 9.17) is 0 Å². The van der Waals surface area contributed by atoms with E-state index in [-0.39, 0.29) is 0 Å². The fraction of sp³-hybridized carbons (Fsp3) is 0. The Hall–Kier alpha value is -6.94. The maximum atomic E-state index is 2.39. The molecule has 0 spiro atoms. The first-order valence-electron chi connectivity index (χ1n) is 18.8. The maximum absolute atomic E-state index is 2.39. The first-order chi connectivity index (χ1) is 27.3. The van der Waals surface area contributed by atoms with Gasteiger partial charge in [-0.05, 0) is 110 Å². The summed E-state index contributed by atoms with van der Waals surface area (Å²) in [6.45, 7) is 0. The fourth-order valence-corrected chi connectivity index (χ4v) is 9.68. The Morgan fingerprint density at radius 2 is 0.727 bits per heavy atom. The molecule has 0 fully saturated rings. The van der Waals surface area contributed by atoms with Gasteiger partial charge in [-0.2, -0.15) is 0 Å². The molecule has 1 aromatic heterocycles. The minimum atomic E-state index is 1.13. The molecule has 11 aromatic rings. The van der Waals surface area contributed by atoms with E-state index in [0.717, 1.165) is 34.1 Å². The molecule has 0 aliphatic heterocycles. The molecule has 0 radical (unpaired) electrons. The summed E-state index contributed by atoms with van der Waals surface area (Å²) in [5.41, 5.74) is 6.82. The van der Waals surface area contributed by atoms with Crippen molar-refractivity contribution in [3.63, 3.8) is 0 Å². The van der Waals surface area contributed by atoms with Gasteiger partial charge in [0.15, 0.2) is 0 Å². The van der Waals surface area contributed by atoms with Gasteiger partial charge in [-0.25, -0.2) is 0 Å². The highest BCUT2D eigenvalue weighted by molar-refractivity contribution is 7.27. The number of benzene rings is 10. The van der Waals surface area contributed by atoms with Crippen molar-refractivity contribution in [2.75, 3.05) is 9.80 Å². The van der Waals surface area contributed by atoms with Crippen LogP contribution >= 0.6 is 11.3 Å². The Morgan fingerprint density at radius 1 is 0.273 bits per heavy atom. The van der Waals surface area contributed by atoms with Gasteiger partial charge in [0.2, 0.25) is 0 Å². The van der Waals surface area contributed by atoms with Crippen molar-refractivity contribution in [1.82, 2.24) is 0 Å². The summed E-state index contributed by atoms with van der Waals surface area (Å²) in [6, 6.07) is 75.1. The average Bonchev–Trinajstić information content (AvgIpc) is 3.64. The van der Waals surface area contributed by atoms with Crippen molar-refractivity contribution in [1.29, 1.82) is 0 Å². The number of hydrogen-bond acceptors (Lipinski definition) is 3. The first kappa shape index (κ1) is 31.6. The van der Waals surface area contributed by atoms with E-state index < -0.39 is 0 Å². The van der Waals surface area contributed by atoms with Crippen LogP contribution in [-0.2, 0) is 0 Å². The SMILES string of the molecule is c1ccc(N(c2ccc3ccccc3c2)c2ccc3c(c2)sc2c4ccc(N(c5ccccc5)c5ccc6ccccc6c5)cc4c4ccccc4c32)cc1. The molecular formula is C52H34N2S. The number of hydrogen-bond donors (Lipinski definition) is 0. The molecule has 11 rings (SSSR count). The number of para-hydroxylation sites is 2.